The minimum Gasteiger partial charge on any atom is -0.364 e. The molecule has 1 aliphatic carbocycles. The molecule has 0 saturated carbocycles. The largest absolute Gasteiger partial charge is 0.425 e. The SMILES string of the molecule is CCc1cc2c(C)cc(S(=O)O)cc2c2c1C/C(=C/C=C/C=C/C1N(CC)c3ccc4ccc(S(=O)O)cc4c3C1(C)C)C2(C)C.O=S(=O)=O. The molecule has 2 N–H and O–H groups in total. The van der Waals surface area contributed by atoms with Crippen molar-refractivity contribution in [1.29, 1.82) is 0 Å². The van der Waals surface area contributed by atoms with Crippen LogP contribution in [0.2, 0.25) is 0 Å². The van der Waals surface area contributed by atoms with E-state index in [1.54, 1.807) is 6.07 Å². The van der Waals surface area contributed by atoms with Crippen LogP contribution in [0.1, 0.15) is 69.4 Å². The number of rotatable bonds is 7. The van der Waals surface area contributed by atoms with Crippen molar-refractivity contribution in [1.82, 2.24) is 0 Å². The average Bonchev–Trinajstić information content (AvgIpc) is 3.45. The highest BCUT2D eigenvalue weighted by atomic mass is 32.2. The molecule has 6 rings (SSSR count). The van der Waals surface area contributed by atoms with Crippen molar-refractivity contribution in [2.75, 3.05) is 11.4 Å². The highest BCUT2D eigenvalue weighted by Crippen LogP contribution is 2.50. The van der Waals surface area contributed by atoms with Crippen molar-refractivity contribution in [2.45, 2.75) is 88.0 Å². The van der Waals surface area contributed by atoms with Gasteiger partial charge in [-0.3, -0.25) is 0 Å². The van der Waals surface area contributed by atoms with Crippen LogP contribution in [-0.2, 0) is 56.4 Å². The van der Waals surface area contributed by atoms with E-state index >= 15 is 0 Å². The van der Waals surface area contributed by atoms with Gasteiger partial charge < -0.3 is 14.0 Å². The zero-order valence-corrected chi connectivity index (χ0v) is 31.8. The second-order valence-corrected chi connectivity index (χ2v) is 16.2. The predicted octanol–water partition coefficient (Wildman–Crippen LogP) is 8.08. The Balaban J connectivity index is 0.00000115. The molecule has 0 radical (unpaired) electrons. The van der Waals surface area contributed by atoms with Gasteiger partial charge in [-0.2, -0.15) is 0 Å². The van der Waals surface area contributed by atoms with E-state index in [-0.39, 0.29) is 16.9 Å². The van der Waals surface area contributed by atoms with E-state index in [4.69, 9.17) is 12.6 Å². The van der Waals surface area contributed by atoms with Gasteiger partial charge in [-0.25, -0.2) is 8.42 Å². The fourth-order valence-electron chi connectivity index (χ4n) is 8.04. The first-order valence-electron chi connectivity index (χ1n) is 16.5. The van der Waals surface area contributed by atoms with Gasteiger partial charge in [0.1, 0.15) is 0 Å². The first-order chi connectivity index (χ1) is 23.5. The first-order valence-corrected chi connectivity index (χ1v) is 19.7. The summed E-state index contributed by atoms with van der Waals surface area (Å²) in [7, 11) is -3.11. The molecule has 11 heteroatoms. The lowest BCUT2D eigenvalue weighted by Gasteiger charge is -2.31. The van der Waals surface area contributed by atoms with Crippen LogP contribution in [0.25, 0.3) is 21.5 Å². The van der Waals surface area contributed by atoms with Gasteiger partial charge >= 0.3 is 10.6 Å². The normalized spacial score (nSPS) is 19.6. The lowest BCUT2D eigenvalue weighted by atomic mass is 9.78. The molecule has 8 nitrogen and oxygen atoms in total. The number of nitrogens with zero attached hydrogens (tertiary/aromatic N) is 1. The molecule has 50 heavy (non-hydrogen) atoms. The van der Waals surface area contributed by atoms with Crippen LogP contribution >= 0.6 is 0 Å². The third kappa shape index (κ3) is 6.81. The van der Waals surface area contributed by atoms with Crippen LogP contribution < -0.4 is 4.90 Å². The molecule has 3 unspecified atom stereocenters. The Morgan fingerprint density at radius 3 is 2.06 bits per heavy atom. The highest BCUT2D eigenvalue weighted by Gasteiger charge is 2.43. The Bertz CT molecular complexity index is 2260. The van der Waals surface area contributed by atoms with E-state index < -0.39 is 32.8 Å². The molecule has 0 bridgehead atoms. The van der Waals surface area contributed by atoms with Gasteiger partial charge in [0.15, 0.2) is 22.2 Å². The van der Waals surface area contributed by atoms with Gasteiger partial charge in [-0.05, 0) is 106 Å². The summed E-state index contributed by atoms with van der Waals surface area (Å²) >= 11 is -4.06. The maximum absolute atomic E-state index is 12.0. The van der Waals surface area contributed by atoms with Crippen molar-refractivity contribution >= 4 is 60.0 Å². The monoisotopic (exact) mass is 733 g/mol. The molecule has 4 aromatic rings. The molecule has 1 aliphatic heterocycles. The minimum absolute atomic E-state index is 0.124. The van der Waals surface area contributed by atoms with Crippen LogP contribution in [0, 0.1) is 6.92 Å². The fourth-order valence-corrected chi connectivity index (χ4v) is 8.94. The lowest BCUT2D eigenvalue weighted by molar-refractivity contribution is 0.481. The summed E-state index contributed by atoms with van der Waals surface area (Å²) in [6.07, 6.45) is 12.7. The summed E-state index contributed by atoms with van der Waals surface area (Å²) in [6, 6.07) is 16.0. The smallest absolute Gasteiger partial charge is 0.364 e. The number of anilines is 1. The number of benzene rings is 4. The molecular formula is C39H43NO7S3. The molecule has 4 aromatic carbocycles. The van der Waals surface area contributed by atoms with E-state index in [1.807, 2.05) is 31.2 Å². The third-order valence-corrected chi connectivity index (χ3v) is 11.7. The van der Waals surface area contributed by atoms with Crippen molar-refractivity contribution in [3.8, 4) is 0 Å². The van der Waals surface area contributed by atoms with Crippen molar-refractivity contribution in [2.24, 2.45) is 0 Å². The number of fused-ring (bicyclic) bond motifs is 6. The number of hydrogen-bond acceptors (Lipinski definition) is 6. The van der Waals surface area contributed by atoms with Gasteiger partial charge in [0.05, 0.1) is 15.8 Å². The summed E-state index contributed by atoms with van der Waals surface area (Å²) < 4.78 is 68.9. The quantitative estimate of drug-likeness (QED) is 0.144. The van der Waals surface area contributed by atoms with Crippen LogP contribution in [0.15, 0.2) is 94.3 Å². The topological polar surface area (TPSA) is 129 Å². The second-order valence-electron chi connectivity index (χ2n) is 13.8. The molecule has 0 spiro atoms. The molecular weight excluding hydrogens is 691 g/mol. The first kappa shape index (κ1) is 37.5. The maximum atomic E-state index is 12.0. The van der Waals surface area contributed by atoms with Crippen LogP contribution in [0.4, 0.5) is 5.69 Å². The summed E-state index contributed by atoms with van der Waals surface area (Å²) in [5.74, 6) is 0. The van der Waals surface area contributed by atoms with Crippen molar-refractivity contribution in [3.63, 3.8) is 0 Å². The maximum Gasteiger partial charge on any atom is 0.425 e. The number of likely N-dealkylation sites (N-methyl/N-ethyl adjacent to an activating group) is 1. The van der Waals surface area contributed by atoms with E-state index in [2.05, 4.69) is 95.0 Å². The van der Waals surface area contributed by atoms with Gasteiger partial charge in [0.2, 0.25) is 0 Å². The Morgan fingerprint density at radius 1 is 0.800 bits per heavy atom. The van der Waals surface area contributed by atoms with Crippen molar-refractivity contribution in [3.05, 3.63) is 112 Å². The number of allylic oxidation sites excluding steroid dienone is 5. The Kier molecular flexibility index (Phi) is 10.9. The average molecular weight is 734 g/mol. The summed E-state index contributed by atoms with van der Waals surface area (Å²) in [4.78, 5) is 3.29. The van der Waals surface area contributed by atoms with Gasteiger partial charge in [-0.1, -0.05) is 88.8 Å². The molecule has 0 aromatic heterocycles. The molecule has 0 fully saturated rings. The molecule has 0 saturated heterocycles. The summed E-state index contributed by atoms with van der Waals surface area (Å²) in [6.45, 7) is 16.3. The second kappa shape index (κ2) is 14.5. The minimum atomic E-state index is -3.11. The Labute approximate surface area is 300 Å². The Morgan fingerprint density at radius 2 is 1.44 bits per heavy atom. The summed E-state index contributed by atoms with van der Waals surface area (Å²) in [5, 5.41) is 4.34. The standard InChI is InChI=1S/C39H43NO4S2.O3S/c1-8-25-20-30-24(3)19-29(46(43)44)23-33(30)36-31(25)21-27(38(36,4)5)13-11-10-12-14-35-39(6,7)37-32-22-28(45(41)42)17-15-26(32)16-18-34(37)40(35)9-2;1-4(2)3/h10-20,22-23,35H,8-9,21H2,1-7H3,(H,41,42)(H,43,44);/b11-10+,14-12+,27-13-;. The molecule has 0 amide bonds. The Hall–Kier alpha value is -3.74. The van der Waals surface area contributed by atoms with Gasteiger partial charge in [-0.15, -0.1) is 12.6 Å². The van der Waals surface area contributed by atoms with E-state index in [9.17, 15) is 17.5 Å². The zero-order chi connectivity index (χ0) is 36.7. The van der Waals surface area contributed by atoms with Crippen LogP contribution in [-0.4, -0.2) is 42.7 Å². The lowest BCUT2D eigenvalue weighted by Crippen LogP contribution is -2.39. The molecule has 1 heterocycles. The zero-order valence-electron chi connectivity index (χ0n) is 29.3. The predicted molar refractivity (Wildman–Crippen MR) is 203 cm³/mol. The molecule has 264 valence electrons. The van der Waals surface area contributed by atoms with Crippen LogP contribution in [0.3, 0.4) is 0 Å². The molecule has 3 atom stereocenters. The molecule has 2 aliphatic rings. The van der Waals surface area contributed by atoms with Crippen molar-refractivity contribution < 1.29 is 30.1 Å². The van der Waals surface area contributed by atoms with E-state index in [0.717, 1.165) is 46.5 Å². The fraction of sp³-hybridized carbons (Fsp3) is 0.333. The summed E-state index contributed by atoms with van der Waals surface area (Å²) in [5.41, 5.74) is 8.28. The van der Waals surface area contributed by atoms with Gasteiger partial charge in [0, 0.05) is 23.1 Å². The third-order valence-electron chi connectivity index (χ3n) is 10.4. The number of hydrogen-bond donors (Lipinski definition) is 2. The number of aryl methyl sites for hydroxylation is 2. The van der Waals surface area contributed by atoms with E-state index in [1.165, 1.54) is 33.5 Å². The van der Waals surface area contributed by atoms with E-state index in [0.29, 0.717) is 9.79 Å². The van der Waals surface area contributed by atoms with Crippen LogP contribution in [0.5, 0.6) is 0 Å². The highest BCUT2D eigenvalue weighted by molar-refractivity contribution is 7.79. The van der Waals surface area contributed by atoms with Gasteiger partial charge in [0.25, 0.3) is 0 Å².